The number of methoxy groups -OCH3 is 2. The highest BCUT2D eigenvalue weighted by molar-refractivity contribution is 7.14. The summed E-state index contributed by atoms with van der Waals surface area (Å²) in [6.45, 7) is 2.15. The molecule has 0 radical (unpaired) electrons. The maximum Gasteiger partial charge on any atom is 0.161 e. The van der Waals surface area contributed by atoms with Gasteiger partial charge in [0, 0.05) is 16.4 Å². The molecule has 126 valence electrons. The molecule has 1 aliphatic carbocycles. The van der Waals surface area contributed by atoms with E-state index in [2.05, 4.69) is 31.2 Å². The Labute approximate surface area is 147 Å². The molecule has 1 saturated carbocycles. The molecular weight excluding hydrogens is 318 g/mol. The lowest BCUT2D eigenvalue weighted by molar-refractivity contribution is 0.349. The molecule has 4 heteroatoms. The fourth-order valence-corrected chi connectivity index (χ4v) is 4.91. The number of aliphatic imine (C=N–C) groups is 1. The Bertz CT molecular complexity index is 793. The van der Waals surface area contributed by atoms with E-state index in [1.807, 2.05) is 11.3 Å². The molecule has 2 unspecified atom stereocenters. The summed E-state index contributed by atoms with van der Waals surface area (Å²) in [6, 6.07) is 9.08. The van der Waals surface area contributed by atoms with Crippen LogP contribution in [0.25, 0.3) is 0 Å². The van der Waals surface area contributed by atoms with Crippen molar-refractivity contribution < 1.29 is 9.47 Å². The molecule has 2 heterocycles. The molecule has 1 fully saturated rings. The predicted octanol–water partition coefficient (Wildman–Crippen LogP) is 4.95. The van der Waals surface area contributed by atoms with Crippen LogP contribution in [0.4, 0.5) is 0 Å². The van der Waals surface area contributed by atoms with Crippen molar-refractivity contribution in [3.63, 3.8) is 0 Å². The normalized spacial score (nSPS) is 22.4. The van der Waals surface area contributed by atoms with Crippen molar-refractivity contribution in [2.24, 2.45) is 4.99 Å². The molecule has 0 N–H and O–H groups in total. The summed E-state index contributed by atoms with van der Waals surface area (Å²) in [7, 11) is 3.41. The van der Waals surface area contributed by atoms with Gasteiger partial charge < -0.3 is 9.47 Å². The number of aryl methyl sites for hydroxylation is 1. The minimum absolute atomic E-state index is 0.404. The van der Waals surface area contributed by atoms with Gasteiger partial charge in [-0.25, -0.2) is 0 Å². The van der Waals surface area contributed by atoms with Crippen LogP contribution in [0.5, 0.6) is 11.5 Å². The summed E-state index contributed by atoms with van der Waals surface area (Å²) in [5, 5.41) is 0. The second kappa shape index (κ2) is 6.25. The summed E-state index contributed by atoms with van der Waals surface area (Å²) >= 11 is 1.82. The fourth-order valence-electron chi connectivity index (χ4n) is 4.03. The summed E-state index contributed by atoms with van der Waals surface area (Å²) < 4.78 is 11.1. The molecule has 2 atom stereocenters. The van der Waals surface area contributed by atoms with Crippen LogP contribution in [0.15, 0.2) is 29.3 Å². The molecule has 4 rings (SSSR count). The Kier molecular flexibility index (Phi) is 4.09. The molecule has 1 aromatic carbocycles. The smallest absolute Gasteiger partial charge is 0.161 e. The summed E-state index contributed by atoms with van der Waals surface area (Å²) in [6.07, 6.45) is 4.97. The van der Waals surface area contributed by atoms with Gasteiger partial charge in [0.1, 0.15) is 0 Å². The molecular formula is C20H23NO2S. The molecule has 2 aliphatic rings. The van der Waals surface area contributed by atoms with Gasteiger partial charge in [-0.2, -0.15) is 0 Å². The first kappa shape index (κ1) is 15.7. The number of ether oxygens (including phenoxy) is 2. The lowest BCUT2D eigenvalue weighted by Crippen LogP contribution is -2.29. The third kappa shape index (κ3) is 2.53. The maximum absolute atomic E-state index is 5.56. The highest BCUT2D eigenvalue weighted by atomic mass is 32.1. The molecule has 0 bridgehead atoms. The number of nitrogens with zero attached hydrogens (tertiary/aromatic N) is 1. The zero-order valence-corrected chi connectivity index (χ0v) is 15.3. The zero-order chi connectivity index (χ0) is 16.7. The molecule has 0 spiro atoms. The summed E-state index contributed by atoms with van der Waals surface area (Å²) in [5.74, 6) is 2.12. The van der Waals surface area contributed by atoms with Crippen LogP contribution >= 0.6 is 11.3 Å². The average Bonchev–Trinajstić information content (AvgIpc) is 3.06. The monoisotopic (exact) mass is 341 g/mol. The van der Waals surface area contributed by atoms with E-state index in [0.29, 0.717) is 12.0 Å². The van der Waals surface area contributed by atoms with Crippen LogP contribution in [-0.4, -0.2) is 26.0 Å². The van der Waals surface area contributed by atoms with Crippen molar-refractivity contribution in [2.75, 3.05) is 14.2 Å². The minimum atomic E-state index is 0.404. The Balaban J connectivity index is 1.91. The Morgan fingerprint density at radius 3 is 2.50 bits per heavy atom. The molecule has 1 aliphatic heterocycles. The second-order valence-corrected chi connectivity index (χ2v) is 7.93. The van der Waals surface area contributed by atoms with Crippen LogP contribution in [0, 0.1) is 6.92 Å². The molecule has 0 saturated heterocycles. The van der Waals surface area contributed by atoms with Crippen LogP contribution in [0.2, 0.25) is 0 Å². The van der Waals surface area contributed by atoms with Gasteiger partial charge in [0.2, 0.25) is 0 Å². The third-order valence-corrected chi connectivity index (χ3v) is 6.22. The quantitative estimate of drug-likeness (QED) is 0.791. The van der Waals surface area contributed by atoms with E-state index in [4.69, 9.17) is 14.5 Å². The van der Waals surface area contributed by atoms with E-state index >= 15 is 0 Å². The lowest BCUT2D eigenvalue weighted by Gasteiger charge is -2.35. The molecule has 3 nitrogen and oxygen atoms in total. The van der Waals surface area contributed by atoms with Crippen molar-refractivity contribution in [3.8, 4) is 11.5 Å². The maximum atomic E-state index is 5.56. The first-order chi connectivity index (χ1) is 11.7. The van der Waals surface area contributed by atoms with Crippen LogP contribution in [0.1, 0.15) is 52.5 Å². The van der Waals surface area contributed by atoms with E-state index in [1.54, 1.807) is 14.2 Å². The Morgan fingerprint density at radius 2 is 1.79 bits per heavy atom. The highest BCUT2D eigenvalue weighted by Crippen LogP contribution is 2.45. The minimum Gasteiger partial charge on any atom is -0.493 e. The first-order valence-corrected chi connectivity index (χ1v) is 9.44. The van der Waals surface area contributed by atoms with Gasteiger partial charge in [0.05, 0.1) is 30.9 Å². The Hall–Kier alpha value is -1.81. The van der Waals surface area contributed by atoms with Crippen LogP contribution in [0.3, 0.4) is 0 Å². The van der Waals surface area contributed by atoms with Crippen LogP contribution < -0.4 is 9.47 Å². The van der Waals surface area contributed by atoms with Gasteiger partial charge in [-0.1, -0.05) is 12.8 Å². The van der Waals surface area contributed by atoms with E-state index < -0.39 is 0 Å². The van der Waals surface area contributed by atoms with E-state index in [1.165, 1.54) is 46.6 Å². The largest absolute Gasteiger partial charge is 0.493 e. The zero-order valence-electron chi connectivity index (χ0n) is 14.5. The predicted molar refractivity (Wildman–Crippen MR) is 99.2 cm³/mol. The average molecular weight is 341 g/mol. The van der Waals surface area contributed by atoms with Crippen molar-refractivity contribution in [1.82, 2.24) is 0 Å². The number of hydrogen-bond donors (Lipinski definition) is 0. The van der Waals surface area contributed by atoms with Gasteiger partial charge in [0.15, 0.2) is 11.5 Å². The standard InChI is InChI=1S/C20H23NO2S/c1-12-8-9-19(24-12)20-15-11-18(23-3)17(22-2)10-14(15)13-6-4-5-7-16(13)21-20/h8-11,13,16H,4-7H2,1-3H3. The Morgan fingerprint density at radius 1 is 1.04 bits per heavy atom. The third-order valence-electron chi connectivity index (χ3n) is 5.21. The fraction of sp³-hybridized carbons (Fsp3) is 0.450. The van der Waals surface area contributed by atoms with Crippen molar-refractivity contribution in [3.05, 3.63) is 45.1 Å². The second-order valence-electron chi connectivity index (χ2n) is 6.64. The number of rotatable bonds is 3. The number of hydrogen-bond acceptors (Lipinski definition) is 4. The molecule has 24 heavy (non-hydrogen) atoms. The van der Waals surface area contributed by atoms with Gasteiger partial charge in [-0.3, -0.25) is 4.99 Å². The van der Waals surface area contributed by atoms with E-state index in [9.17, 15) is 0 Å². The molecule has 2 aromatic rings. The lowest BCUT2D eigenvalue weighted by atomic mass is 9.75. The molecule has 0 amide bonds. The van der Waals surface area contributed by atoms with Crippen molar-refractivity contribution in [1.29, 1.82) is 0 Å². The van der Waals surface area contributed by atoms with Gasteiger partial charge in [-0.05, 0) is 49.6 Å². The number of benzene rings is 1. The summed E-state index contributed by atoms with van der Waals surface area (Å²) in [4.78, 5) is 7.76. The number of thiophene rings is 1. The van der Waals surface area contributed by atoms with Gasteiger partial charge in [-0.15, -0.1) is 11.3 Å². The van der Waals surface area contributed by atoms with Gasteiger partial charge in [0.25, 0.3) is 0 Å². The van der Waals surface area contributed by atoms with Crippen molar-refractivity contribution >= 4 is 17.0 Å². The van der Waals surface area contributed by atoms with Crippen LogP contribution in [-0.2, 0) is 0 Å². The van der Waals surface area contributed by atoms with Crippen molar-refractivity contribution in [2.45, 2.75) is 44.6 Å². The van der Waals surface area contributed by atoms with Gasteiger partial charge >= 0.3 is 0 Å². The van der Waals surface area contributed by atoms with E-state index in [-0.39, 0.29) is 0 Å². The number of fused-ring (bicyclic) bond motifs is 3. The highest BCUT2D eigenvalue weighted by Gasteiger charge is 2.34. The topological polar surface area (TPSA) is 30.8 Å². The molecule has 1 aromatic heterocycles. The van der Waals surface area contributed by atoms with E-state index in [0.717, 1.165) is 17.2 Å². The summed E-state index contributed by atoms with van der Waals surface area (Å²) in [5.41, 5.74) is 3.73. The SMILES string of the molecule is COc1cc2c(cc1OC)C1CCCCC1N=C2c1ccc(C)s1. The first-order valence-electron chi connectivity index (χ1n) is 8.62.